The van der Waals surface area contributed by atoms with Crippen molar-refractivity contribution in [3.63, 3.8) is 0 Å². The average Bonchev–Trinajstić information content (AvgIpc) is 2.42. The number of nitrogens with one attached hydrogen (secondary N) is 1. The number of carbonyl (C=O) groups excluding carboxylic acids is 1. The Morgan fingerprint density at radius 1 is 1.24 bits per heavy atom. The topological polar surface area (TPSA) is 54.0 Å². The maximum absolute atomic E-state index is 11.0. The largest absolute Gasteiger partial charge is 0.351 e. The SMILES string of the molecule is O=CN(NO[C@@H]1CCCCO1)N1CCCCC1. The molecular weight excluding hydrogens is 222 g/mol. The number of rotatable bonds is 5. The van der Waals surface area contributed by atoms with Gasteiger partial charge in [0.2, 0.25) is 6.41 Å². The minimum absolute atomic E-state index is 0.240. The predicted molar refractivity (Wildman–Crippen MR) is 61.1 cm³/mol. The first-order valence-corrected chi connectivity index (χ1v) is 6.42. The molecule has 0 bridgehead atoms. The number of amides is 1. The van der Waals surface area contributed by atoms with E-state index in [1.807, 2.05) is 5.01 Å². The predicted octanol–water partition coefficient (Wildman–Crippen LogP) is 0.808. The van der Waals surface area contributed by atoms with Crippen LogP contribution in [0, 0.1) is 0 Å². The summed E-state index contributed by atoms with van der Waals surface area (Å²) in [6.07, 6.45) is 7.04. The van der Waals surface area contributed by atoms with Crippen LogP contribution in [0.5, 0.6) is 0 Å². The first-order valence-electron chi connectivity index (χ1n) is 6.42. The van der Waals surface area contributed by atoms with E-state index in [0.717, 1.165) is 58.2 Å². The van der Waals surface area contributed by atoms with E-state index < -0.39 is 0 Å². The van der Waals surface area contributed by atoms with Crippen molar-refractivity contribution < 1.29 is 14.4 Å². The third-order valence-electron chi connectivity index (χ3n) is 3.15. The van der Waals surface area contributed by atoms with Crippen LogP contribution in [-0.4, -0.2) is 42.5 Å². The molecule has 0 saturated carbocycles. The normalized spacial score (nSPS) is 26.7. The van der Waals surface area contributed by atoms with Crippen molar-refractivity contribution >= 4 is 6.41 Å². The molecule has 2 aliphatic heterocycles. The van der Waals surface area contributed by atoms with E-state index in [4.69, 9.17) is 9.57 Å². The Bertz CT molecular complexity index is 228. The Balaban J connectivity index is 1.72. The zero-order valence-electron chi connectivity index (χ0n) is 10.1. The van der Waals surface area contributed by atoms with Gasteiger partial charge in [0.05, 0.1) is 0 Å². The van der Waals surface area contributed by atoms with Crippen molar-refractivity contribution in [3.05, 3.63) is 0 Å². The molecule has 2 fully saturated rings. The van der Waals surface area contributed by atoms with Crippen LogP contribution in [0.25, 0.3) is 0 Å². The van der Waals surface area contributed by atoms with E-state index in [1.165, 1.54) is 11.5 Å². The highest BCUT2D eigenvalue weighted by molar-refractivity contribution is 5.44. The number of piperidine rings is 1. The number of carbonyl (C=O) groups is 1. The molecule has 1 atom stereocenters. The third-order valence-corrected chi connectivity index (χ3v) is 3.15. The van der Waals surface area contributed by atoms with E-state index in [-0.39, 0.29) is 6.29 Å². The fraction of sp³-hybridized carbons (Fsp3) is 0.909. The van der Waals surface area contributed by atoms with Crippen LogP contribution in [0.1, 0.15) is 38.5 Å². The maximum atomic E-state index is 11.0. The van der Waals surface area contributed by atoms with E-state index in [9.17, 15) is 4.79 Å². The summed E-state index contributed by atoms with van der Waals surface area (Å²) in [5.41, 5.74) is 2.68. The summed E-state index contributed by atoms with van der Waals surface area (Å²) in [6, 6.07) is 0. The summed E-state index contributed by atoms with van der Waals surface area (Å²) in [7, 11) is 0. The molecule has 0 radical (unpaired) electrons. The molecule has 0 aromatic carbocycles. The van der Waals surface area contributed by atoms with Gasteiger partial charge in [0.15, 0.2) is 6.29 Å². The van der Waals surface area contributed by atoms with Crippen LogP contribution in [0.4, 0.5) is 0 Å². The van der Waals surface area contributed by atoms with Gasteiger partial charge in [0, 0.05) is 26.1 Å². The first-order chi connectivity index (χ1) is 8.40. The minimum Gasteiger partial charge on any atom is -0.351 e. The second-order valence-corrected chi connectivity index (χ2v) is 4.47. The average molecular weight is 243 g/mol. The van der Waals surface area contributed by atoms with Crippen molar-refractivity contribution in [2.45, 2.75) is 44.8 Å². The van der Waals surface area contributed by atoms with Crippen LogP contribution in [0.2, 0.25) is 0 Å². The van der Waals surface area contributed by atoms with Crippen molar-refractivity contribution in [3.8, 4) is 0 Å². The number of hydrazine groups is 2. The zero-order valence-corrected chi connectivity index (χ0v) is 10.1. The van der Waals surface area contributed by atoms with Gasteiger partial charge in [-0.3, -0.25) is 4.79 Å². The number of hydrogen-bond acceptors (Lipinski definition) is 5. The van der Waals surface area contributed by atoms with Gasteiger partial charge in [0.25, 0.3) is 0 Å². The zero-order chi connectivity index (χ0) is 11.9. The standard InChI is InChI=1S/C11H21N3O3/c15-10-14(13-7-3-1-4-8-13)12-17-11-6-2-5-9-16-11/h10-12H,1-9H2/t11-/m1/s1. The molecule has 0 aromatic heterocycles. The summed E-state index contributed by atoms with van der Waals surface area (Å²) in [4.78, 5) is 16.3. The molecule has 6 nitrogen and oxygen atoms in total. The number of hydrogen-bond donors (Lipinski definition) is 1. The third kappa shape index (κ3) is 3.92. The fourth-order valence-electron chi connectivity index (χ4n) is 2.16. The highest BCUT2D eigenvalue weighted by Crippen LogP contribution is 2.13. The Kier molecular flexibility index (Phi) is 5.18. The molecule has 17 heavy (non-hydrogen) atoms. The Morgan fingerprint density at radius 2 is 2.06 bits per heavy atom. The summed E-state index contributed by atoms with van der Waals surface area (Å²) in [5.74, 6) is 0. The first kappa shape index (κ1) is 12.8. The molecule has 2 aliphatic rings. The van der Waals surface area contributed by atoms with Gasteiger partial charge < -0.3 is 4.74 Å². The molecule has 0 aliphatic carbocycles. The molecule has 0 unspecified atom stereocenters. The van der Waals surface area contributed by atoms with Crippen molar-refractivity contribution in [2.24, 2.45) is 0 Å². The lowest BCUT2D eigenvalue weighted by Gasteiger charge is -2.35. The van der Waals surface area contributed by atoms with Gasteiger partial charge in [0.1, 0.15) is 0 Å². The quantitative estimate of drug-likeness (QED) is 0.572. The minimum atomic E-state index is -0.240. The van der Waals surface area contributed by atoms with Gasteiger partial charge in [-0.1, -0.05) is 12.0 Å². The lowest BCUT2D eigenvalue weighted by Crippen LogP contribution is -2.53. The van der Waals surface area contributed by atoms with Gasteiger partial charge in [-0.05, 0) is 25.7 Å². The lowest BCUT2D eigenvalue weighted by atomic mass is 10.2. The molecule has 0 aromatic rings. The molecule has 6 heteroatoms. The van der Waals surface area contributed by atoms with Crippen molar-refractivity contribution in [1.82, 2.24) is 15.7 Å². The van der Waals surface area contributed by atoms with Crippen LogP contribution >= 0.6 is 0 Å². The Labute approximate surface area is 102 Å². The van der Waals surface area contributed by atoms with Crippen LogP contribution in [0.15, 0.2) is 0 Å². The van der Waals surface area contributed by atoms with Gasteiger partial charge >= 0.3 is 0 Å². The highest BCUT2D eigenvalue weighted by Gasteiger charge is 2.20. The highest BCUT2D eigenvalue weighted by atomic mass is 16.8. The van der Waals surface area contributed by atoms with Crippen molar-refractivity contribution in [2.75, 3.05) is 19.7 Å². The molecule has 98 valence electrons. The molecule has 1 N–H and O–H groups in total. The summed E-state index contributed by atoms with van der Waals surface area (Å²) >= 11 is 0. The number of nitrogens with zero attached hydrogens (tertiary/aromatic N) is 2. The van der Waals surface area contributed by atoms with Crippen LogP contribution in [0.3, 0.4) is 0 Å². The molecule has 2 saturated heterocycles. The molecular formula is C11H21N3O3. The van der Waals surface area contributed by atoms with E-state index in [2.05, 4.69) is 5.59 Å². The molecule has 0 spiro atoms. The summed E-state index contributed by atoms with van der Waals surface area (Å²) in [6.45, 7) is 2.51. The summed E-state index contributed by atoms with van der Waals surface area (Å²) in [5, 5.41) is 3.34. The lowest BCUT2D eigenvalue weighted by molar-refractivity contribution is -0.264. The monoisotopic (exact) mass is 243 g/mol. The second-order valence-electron chi connectivity index (χ2n) is 4.47. The van der Waals surface area contributed by atoms with Gasteiger partial charge in [-0.2, -0.15) is 5.12 Å². The Hall–Kier alpha value is -0.690. The molecule has 2 rings (SSSR count). The number of ether oxygens (including phenoxy) is 1. The van der Waals surface area contributed by atoms with Gasteiger partial charge in [-0.15, -0.1) is 0 Å². The van der Waals surface area contributed by atoms with E-state index >= 15 is 0 Å². The maximum Gasteiger partial charge on any atom is 0.240 e. The van der Waals surface area contributed by atoms with E-state index in [0.29, 0.717) is 0 Å². The second kappa shape index (κ2) is 6.90. The molecule has 1 amide bonds. The molecule has 2 heterocycles. The van der Waals surface area contributed by atoms with Crippen LogP contribution in [-0.2, 0) is 14.4 Å². The van der Waals surface area contributed by atoms with Crippen molar-refractivity contribution in [1.29, 1.82) is 0 Å². The smallest absolute Gasteiger partial charge is 0.240 e. The van der Waals surface area contributed by atoms with Gasteiger partial charge in [-0.25, -0.2) is 9.85 Å². The Morgan fingerprint density at radius 3 is 2.71 bits per heavy atom. The van der Waals surface area contributed by atoms with Crippen LogP contribution < -0.4 is 5.59 Å². The van der Waals surface area contributed by atoms with E-state index in [1.54, 1.807) is 0 Å². The fourth-order valence-corrected chi connectivity index (χ4v) is 2.16. The summed E-state index contributed by atoms with van der Waals surface area (Å²) < 4.78 is 5.41.